The Morgan fingerprint density at radius 3 is 2.68 bits per heavy atom. The average Bonchev–Trinajstić information content (AvgIpc) is 2.50. The van der Waals surface area contributed by atoms with Crippen LogP contribution in [0.3, 0.4) is 0 Å². The predicted octanol–water partition coefficient (Wildman–Crippen LogP) is 4.02. The average molecular weight is 348 g/mol. The van der Waals surface area contributed by atoms with Crippen molar-refractivity contribution in [3.63, 3.8) is 0 Å². The van der Waals surface area contributed by atoms with E-state index in [1.165, 1.54) is 12.3 Å². The highest BCUT2D eigenvalue weighted by Crippen LogP contribution is 2.39. The Hall–Kier alpha value is -2.28. The van der Waals surface area contributed by atoms with E-state index in [1.807, 2.05) is 20.8 Å². The van der Waals surface area contributed by atoms with Gasteiger partial charge in [-0.15, -0.1) is 0 Å². The molecule has 0 aliphatic carbocycles. The Morgan fingerprint density at radius 2 is 2.12 bits per heavy atom. The van der Waals surface area contributed by atoms with Crippen molar-refractivity contribution in [3.05, 3.63) is 40.2 Å². The van der Waals surface area contributed by atoms with E-state index in [0.29, 0.717) is 18.5 Å². The summed E-state index contributed by atoms with van der Waals surface area (Å²) in [4.78, 5) is 26.5. The van der Waals surface area contributed by atoms with Crippen LogP contribution in [0, 0.1) is 10.1 Å². The standard InChI is InChI=1S/C18H24N2O5/c1-5-6-7-16(21)24-18(4)11-13(10-17(2,3)25-18)15-9-8-14(12-19-15)20(22)23/h8-9,11-12H,5-7,10H2,1-4H3. The molecular weight excluding hydrogens is 324 g/mol. The summed E-state index contributed by atoms with van der Waals surface area (Å²) in [6.45, 7) is 7.52. The van der Waals surface area contributed by atoms with Crippen LogP contribution in [0.25, 0.3) is 5.57 Å². The van der Waals surface area contributed by atoms with Crippen molar-refractivity contribution in [2.75, 3.05) is 0 Å². The van der Waals surface area contributed by atoms with Gasteiger partial charge in [-0.05, 0) is 38.0 Å². The Morgan fingerprint density at radius 1 is 1.40 bits per heavy atom. The van der Waals surface area contributed by atoms with Gasteiger partial charge in [-0.1, -0.05) is 13.3 Å². The molecule has 0 spiro atoms. The molecule has 1 aliphatic heterocycles. The maximum Gasteiger partial charge on any atom is 0.308 e. The molecular formula is C18H24N2O5. The number of aromatic nitrogens is 1. The number of ether oxygens (including phenoxy) is 2. The summed E-state index contributed by atoms with van der Waals surface area (Å²) in [5.74, 6) is -1.50. The number of hydrogen-bond donors (Lipinski definition) is 0. The maximum absolute atomic E-state index is 12.0. The highest BCUT2D eigenvalue weighted by Gasteiger charge is 2.40. The van der Waals surface area contributed by atoms with Gasteiger partial charge in [0, 0.05) is 25.8 Å². The molecule has 2 heterocycles. The van der Waals surface area contributed by atoms with E-state index in [-0.39, 0.29) is 11.7 Å². The van der Waals surface area contributed by atoms with Crippen molar-refractivity contribution in [2.45, 2.75) is 64.8 Å². The van der Waals surface area contributed by atoms with Gasteiger partial charge in [0.1, 0.15) is 6.20 Å². The Labute approximate surface area is 147 Å². The quantitative estimate of drug-likeness (QED) is 0.438. The zero-order valence-electron chi connectivity index (χ0n) is 15.1. The summed E-state index contributed by atoms with van der Waals surface area (Å²) in [5, 5.41) is 10.8. The Bertz CT molecular complexity index is 681. The third-order valence-corrected chi connectivity index (χ3v) is 3.87. The van der Waals surface area contributed by atoms with Crippen molar-refractivity contribution in [1.29, 1.82) is 0 Å². The minimum Gasteiger partial charge on any atom is -0.429 e. The largest absolute Gasteiger partial charge is 0.429 e. The minimum absolute atomic E-state index is 0.0653. The molecule has 25 heavy (non-hydrogen) atoms. The van der Waals surface area contributed by atoms with Crippen molar-refractivity contribution < 1.29 is 19.2 Å². The van der Waals surface area contributed by atoms with E-state index in [9.17, 15) is 14.9 Å². The zero-order valence-corrected chi connectivity index (χ0v) is 15.1. The smallest absolute Gasteiger partial charge is 0.308 e. The van der Waals surface area contributed by atoms with Crippen LogP contribution >= 0.6 is 0 Å². The lowest BCUT2D eigenvalue weighted by molar-refractivity contribution is -0.385. The zero-order chi connectivity index (χ0) is 18.7. The molecule has 0 fully saturated rings. The Kier molecular flexibility index (Phi) is 5.57. The fourth-order valence-electron chi connectivity index (χ4n) is 2.94. The fraction of sp³-hybridized carbons (Fsp3) is 0.556. The number of rotatable bonds is 6. The summed E-state index contributed by atoms with van der Waals surface area (Å²) < 4.78 is 11.5. The van der Waals surface area contributed by atoms with Crippen LogP contribution < -0.4 is 0 Å². The van der Waals surface area contributed by atoms with E-state index in [4.69, 9.17) is 9.47 Å². The van der Waals surface area contributed by atoms with Gasteiger partial charge in [-0.2, -0.15) is 0 Å². The molecule has 1 aromatic rings. The lowest BCUT2D eigenvalue weighted by Gasteiger charge is -2.41. The van der Waals surface area contributed by atoms with E-state index in [1.54, 1.807) is 19.1 Å². The van der Waals surface area contributed by atoms with Gasteiger partial charge in [0.15, 0.2) is 0 Å². The third kappa shape index (κ3) is 5.09. The number of esters is 1. The van der Waals surface area contributed by atoms with Crippen molar-refractivity contribution in [3.8, 4) is 0 Å². The first-order valence-electron chi connectivity index (χ1n) is 8.39. The van der Waals surface area contributed by atoms with Gasteiger partial charge in [0.05, 0.1) is 16.2 Å². The number of unbranched alkanes of at least 4 members (excludes halogenated alkanes) is 1. The van der Waals surface area contributed by atoms with E-state index in [0.717, 1.165) is 18.4 Å². The number of nitrogens with zero attached hydrogens (tertiary/aromatic N) is 2. The van der Waals surface area contributed by atoms with Crippen molar-refractivity contribution in [2.24, 2.45) is 0 Å². The topological polar surface area (TPSA) is 91.6 Å². The molecule has 0 bridgehead atoms. The monoisotopic (exact) mass is 348 g/mol. The van der Waals surface area contributed by atoms with Gasteiger partial charge < -0.3 is 9.47 Å². The highest BCUT2D eigenvalue weighted by molar-refractivity contribution is 5.71. The molecule has 1 unspecified atom stereocenters. The molecule has 1 atom stereocenters. The molecule has 0 N–H and O–H groups in total. The van der Waals surface area contributed by atoms with E-state index in [2.05, 4.69) is 4.98 Å². The van der Waals surface area contributed by atoms with Crippen LogP contribution in [-0.2, 0) is 14.3 Å². The second kappa shape index (κ2) is 7.31. The molecule has 2 rings (SSSR count). The molecule has 0 radical (unpaired) electrons. The number of hydrogen-bond acceptors (Lipinski definition) is 6. The third-order valence-electron chi connectivity index (χ3n) is 3.87. The molecule has 0 aromatic carbocycles. The van der Waals surface area contributed by atoms with Gasteiger partial charge in [0.2, 0.25) is 5.79 Å². The van der Waals surface area contributed by atoms with Crippen LogP contribution in [0.5, 0.6) is 0 Å². The van der Waals surface area contributed by atoms with Gasteiger partial charge >= 0.3 is 5.97 Å². The second-order valence-corrected chi connectivity index (χ2v) is 6.96. The molecule has 7 nitrogen and oxygen atoms in total. The SMILES string of the molecule is CCCCC(=O)OC1(C)C=C(c2ccc([N+](=O)[O-])cn2)CC(C)(C)O1. The highest BCUT2D eigenvalue weighted by atomic mass is 16.7. The number of nitro groups is 1. The van der Waals surface area contributed by atoms with Crippen molar-refractivity contribution >= 4 is 17.2 Å². The first-order valence-corrected chi connectivity index (χ1v) is 8.39. The van der Waals surface area contributed by atoms with Crippen LogP contribution in [0.15, 0.2) is 24.4 Å². The summed E-state index contributed by atoms with van der Waals surface area (Å²) in [6.07, 6.45) is 5.53. The van der Waals surface area contributed by atoms with Crippen molar-refractivity contribution in [1.82, 2.24) is 4.98 Å². The summed E-state index contributed by atoms with van der Waals surface area (Å²) >= 11 is 0. The van der Waals surface area contributed by atoms with Crippen LogP contribution in [0.1, 0.15) is 59.1 Å². The molecule has 0 saturated carbocycles. The predicted molar refractivity (Wildman–Crippen MR) is 92.7 cm³/mol. The van der Waals surface area contributed by atoms with Crippen LogP contribution in [0.4, 0.5) is 5.69 Å². The normalized spacial score (nSPS) is 22.2. The van der Waals surface area contributed by atoms with Gasteiger partial charge in [0.25, 0.3) is 5.69 Å². The number of carbonyl (C=O) groups excluding carboxylic acids is 1. The molecule has 0 amide bonds. The Balaban J connectivity index is 2.27. The lowest BCUT2D eigenvalue weighted by Crippen LogP contribution is -2.44. The summed E-state index contributed by atoms with van der Waals surface area (Å²) in [7, 11) is 0. The first-order chi connectivity index (χ1) is 11.6. The van der Waals surface area contributed by atoms with Gasteiger partial charge in [-0.3, -0.25) is 14.9 Å². The molecule has 1 aromatic heterocycles. The van der Waals surface area contributed by atoms with E-state index < -0.39 is 16.3 Å². The van der Waals surface area contributed by atoms with Crippen LogP contribution in [0.2, 0.25) is 0 Å². The first kappa shape index (κ1) is 19.1. The number of pyridine rings is 1. The molecule has 136 valence electrons. The minimum atomic E-state index is -1.19. The molecule has 0 saturated heterocycles. The summed E-state index contributed by atoms with van der Waals surface area (Å²) in [5.41, 5.74) is 0.812. The van der Waals surface area contributed by atoms with Gasteiger partial charge in [-0.25, -0.2) is 4.98 Å². The molecule has 7 heteroatoms. The molecule has 1 aliphatic rings. The lowest BCUT2D eigenvalue weighted by atomic mass is 9.90. The van der Waals surface area contributed by atoms with E-state index >= 15 is 0 Å². The summed E-state index contributed by atoms with van der Waals surface area (Å²) in [6, 6.07) is 3.01. The fourth-order valence-corrected chi connectivity index (χ4v) is 2.94. The number of carbonyl (C=O) groups is 1. The maximum atomic E-state index is 12.0. The van der Waals surface area contributed by atoms with Crippen LogP contribution in [-0.4, -0.2) is 27.3 Å². The second-order valence-electron chi connectivity index (χ2n) is 6.96.